The third-order valence-electron chi connectivity index (χ3n) is 5.16. The van der Waals surface area contributed by atoms with Gasteiger partial charge in [0, 0.05) is 51.0 Å². The highest BCUT2D eigenvalue weighted by Gasteiger charge is 2.33. The number of halogens is 2. The summed E-state index contributed by atoms with van der Waals surface area (Å²) < 4.78 is 5.29. The molecular weight excluding hydrogens is 491 g/mol. The van der Waals surface area contributed by atoms with Crippen LogP contribution in [0, 0.1) is 5.41 Å². The molecule has 2 rings (SSSR count). The van der Waals surface area contributed by atoms with Crippen molar-refractivity contribution in [1.29, 1.82) is 0 Å². The molecule has 3 N–H and O–H groups in total. The van der Waals surface area contributed by atoms with E-state index >= 15 is 0 Å². The molecule has 8 heteroatoms. The number of benzene rings is 1. The van der Waals surface area contributed by atoms with Crippen molar-refractivity contribution in [1.82, 2.24) is 16.0 Å². The Morgan fingerprint density at radius 3 is 2.39 bits per heavy atom. The van der Waals surface area contributed by atoms with Gasteiger partial charge in [-0.3, -0.25) is 9.79 Å². The molecule has 0 atom stereocenters. The second-order valence-corrected chi connectivity index (χ2v) is 7.50. The van der Waals surface area contributed by atoms with Crippen LogP contribution in [0.2, 0.25) is 5.02 Å². The highest BCUT2D eigenvalue weighted by Crippen LogP contribution is 2.40. The van der Waals surface area contributed by atoms with Crippen LogP contribution in [0.4, 0.5) is 0 Å². The Morgan fingerprint density at radius 1 is 1.14 bits per heavy atom. The third-order valence-corrected chi connectivity index (χ3v) is 5.42. The fourth-order valence-corrected chi connectivity index (χ4v) is 3.64. The SMILES string of the molecule is CN=C(NCCNC(=O)c1ccc(Cl)cc1)NCC1(CCOC)CCCC1.I. The van der Waals surface area contributed by atoms with Gasteiger partial charge in [0.15, 0.2) is 5.96 Å². The van der Waals surface area contributed by atoms with Crippen LogP contribution < -0.4 is 16.0 Å². The van der Waals surface area contributed by atoms with Crippen molar-refractivity contribution in [2.75, 3.05) is 40.4 Å². The summed E-state index contributed by atoms with van der Waals surface area (Å²) in [6, 6.07) is 6.85. The van der Waals surface area contributed by atoms with Crippen LogP contribution in [0.1, 0.15) is 42.5 Å². The van der Waals surface area contributed by atoms with Crippen molar-refractivity contribution < 1.29 is 9.53 Å². The molecule has 0 unspecified atom stereocenters. The van der Waals surface area contributed by atoms with Crippen LogP contribution >= 0.6 is 35.6 Å². The van der Waals surface area contributed by atoms with Gasteiger partial charge in [0.05, 0.1) is 0 Å². The number of carbonyl (C=O) groups is 1. The summed E-state index contributed by atoms with van der Waals surface area (Å²) in [6.45, 7) is 2.80. The molecule has 1 aliphatic rings. The predicted molar refractivity (Wildman–Crippen MR) is 126 cm³/mol. The molecule has 0 aromatic heterocycles. The van der Waals surface area contributed by atoms with Crippen LogP contribution in [0.3, 0.4) is 0 Å². The van der Waals surface area contributed by atoms with Gasteiger partial charge in [0.1, 0.15) is 0 Å². The first-order valence-electron chi connectivity index (χ1n) is 9.56. The Morgan fingerprint density at radius 2 is 1.79 bits per heavy atom. The Hall–Kier alpha value is -1.06. The maximum Gasteiger partial charge on any atom is 0.251 e. The molecule has 28 heavy (non-hydrogen) atoms. The van der Waals surface area contributed by atoms with Gasteiger partial charge in [-0.15, -0.1) is 24.0 Å². The summed E-state index contributed by atoms with van der Waals surface area (Å²) in [6.07, 6.45) is 6.11. The highest BCUT2D eigenvalue weighted by atomic mass is 127. The highest BCUT2D eigenvalue weighted by molar-refractivity contribution is 14.0. The minimum atomic E-state index is -0.110. The first-order chi connectivity index (χ1) is 13.1. The molecule has 6 nitrogen and oxygen atoms in total. The smallest absolute Gasteiger partial charge is 0.251 e. The lowest BCUT2D eigenvalue weighted by Crippen LogP contribution is -2.45. The molecular formula is C20H32ClIN4O2. The van der Waals surface area contributed by atoms with E-state index in [4.69, 9.17) is 16.3 Å². The predicted octanol–water partition coefficient (Wildman–Crippen LogP) is 3.45. The Balaban J connectivity index is 0.00000392. The van der Waals surface area contributed by atoms with Crippen molar-refractivity contribution >= 4 is 47.4 Å². The molecule has 0 saturated heterocycles. The maximum absolute atomic E-state index is 12.1. The molecule has 0 radical (unpaired) electrons. The van der Waals surface area contributed by atoms with Gasteiger partial charge >= 0.3 is 0 Å². The van der Waals surface area contributed by atoms with Gasteiger partial charge in [0.2, 0.25) is 0 Å². The minimum Gasteiger partial charge on any atom is -0.385 e. The molecule has 0 aliphatic heterocycles. The van der Waals surface area contributed by atoms with Crippen LogP contribution in [-0.4, -0.2) is 52.3 Å². The minimum absolute atomic E-state index is 0. The lowest BCUT2D eigenvalue weighted by atomic mass is 9.83. The number of carbonyl (C=O) groups excluding carboxylic acids is 1. The van der Waals surface area contributed by atoms with Gasteiger partial charge in [-0.05, 0) is 48.9 Å². The van der Waals surface area contributed by atoms with Crippen LogP contribution in [0.25, 0.3) is 0 Å². The second-order valence-electron chi connectivity index (χ2n) is 7.07. The standard InChI is InChI=1S/C20H31ClN4O2.HI/c1-22-19(25-15-20(11-14-27-2)9-3-4-10-20)24-13-12-23-18(26)16-5-7-17(21)8-6-16;/h5-8H,3-4,9-15H2,1-2H3,(H,23,26)(H2,22,24,25);1H. The van der Waals surface area contributed by atoms with E-state index in [0.717, 1.165) is 25.5 Å². The summed E-state index contributed by atoms with van der Waals surface area (Å²) >= 11 is 5.84. The van der Waals surface area contributed by atoms with Crippen LogP contribution in [0.5, 0.6) is 0 Å². The van der Waals surface area contributed by atoms with Crippen molar-refractivity contribution in [2.45, 2.75) is 32.1 Å². The number of rotatable bonds is 9. The van der Waals surface area contributed by atoms with E-state index < -0.39 is 0 Å². The molecule has 1 fully saturated rings. The van der Waals surface area contributed by atoms with E-state index in [1.54, 1.807) is 38.4 Å². The van der Waals surface area contributed by atoms with E-state index in [9.17, 15) is 4.79 Å². The third kappa shape index (κ3) is 8.13. The van der Waals surface area contributed by atoms with E-state index in [-0.39, 0.29) is 29.9 Å². The molecule has 0 heterocycles. The monoisotopic (exact) mass is 522 g/mol. The largest absolute Gasteiger partial charge is 0.385 e. The molecule has 1 aliphatic carbocycles. The second kappa shape index (κ2) is 13.2. The zero-order chi connectivity index (χ0) is 19.5. The number of guanidine groups is 1. The molecule has 1 saturated carbocycles. The number of nitrogens with one attached hydrogen (secondary N) is 3. The zero-order valence-electron chi connectivity index (χ0n) is 16.7. The first kappa shape index (κ1) is 25.0. The molecule has 0 bridgehead atoms. The fraction of sp³-hybridized carbons (Fsp3) is 0.600. The van der Waals surface area contributed by atoms with E-state index in [1.165, 1.54) is 25.7 Å². The van der Waals surface area contributed by atoms with Gasteiger partial charge < -0.3 is 20.7 Å². The summed E-state index contributed by atoms with van der Waals surface area (Å²) in [5, 5.41) is 10.2. The molecule has 1 amide bonds. The Kier molecular flexibility index (Phi) is 11.8. The molecule has 158 valence electrons. The first-order valence-corrected chi connectivity index (χ1v) is 9.94. The van der Waals surface area contributed by atoms with Crippen LogP contribution in [0.15, 0.2) is 29.3 Å². The number of hydrogen-bond acceptors (Lipinski definition) is 3. The fourth-order valence-electron chi connectivity index (χ4n) is 3.51. The molecule has 1 aromatic carbocycles. The summed E-state index contributed by atoms with van der Waals surface area (Å²) in [4.78, 5) is 16.4. The number of nitrogens with zero attached hydrogens (tertiary/aromatic N) is 1. The van der Waals surface area contributed by atoms with E-state index in [1.807, 2.05) is 0 Å². The summed E-state index contributed by atoms with van der Waals surface area (Å²) in [7, 11) is 3.52. The van der Waals surface area contributed by atoms with Crippen molar-refractivity contribution in [3.8, 4) is 0 Å². The van der Waals surface area contributed by atoms with E-state index in [2.05, 4.69) is 20.9 Å². The Labute approximate surface area is 190 Å². The quantitative estimate of drug-likeness (QED) is 0.201. The number of aliphatic imine (C=N–C) groups is 1. The number of hydrogen-bond donors (Lipinski definition) is 3. The van der Waals surface area contributed by atoms with Gasteiger partial charge in [-0.1, -0.05) is 24.4 Å². The van der Waals surface area contributed by atoms with Crippen molar-refractivity contribution in [2.24, 2.45) is 10.4 Å². The summed E-state index contributed by atoms with van der Waals surface area (Å²) in [5.74, 6) is 0.653. The molecule has 1 aromatic rings. The lowest BCUT2D eigenvalue weighted by Gasteiger charge is -2.30. The topological polar surface area (TPSA) is 74.8 Å². The van der Waals surface area contributed by atoms with Crippen molar-refractivity contribution in [3.63, 3.8) is 0 Å². The number of ether oxygens (including phenoxy) is 1. The van der Waals surface area contributed by atoms with Gasteiger partial charge in [-0.25, -0.2) is 0 Å². The van der Waals surface area contributed by atoms with Gasteiger partial charge in [-0.2, -0.15) is 0 Å². The average Bonchev–Trinajstić information content (AvgIpc) is 3.15. The number of amides is 1. The van der Waals surface area contributed by atoms with E-state index in [0.29, 0.717) is 29.1 Å². The Bertz CT molecular complexity index is 619. The van der Waals surface area contributed by atoms with Gasteiger partial charge in [0.25, 0.3) is 5.91 Å². The average molecular weight is 523 g/mol. The normalized spacial score (nSPS) is 15.6. The lowest BCUT2D eigenvalue weighted by molar-refractivity contribution is 0.0954. The number of methoxy groups -OCH3 is 1. The zero-order valence-corrected chi connectivity index (χ0v) is 19.8. The van der Waals surface area contributed by atoms with Crippen molar-refractivity contribution in [3.05, 3.63) is 34.9 Å². The van der Waals surface area contributed by atoms with Crippen LogP contribution in [-0.2, 0) is 4.74 Å². The molecule has 0 spiro atoms. The maximum atomic E-state index is 12.1. The summed E-state index contributed by atoms with van der Waals surface area (Å²) in [5.41, 5.74) is 0.902.